The summed E-state index contributed by atoms with van der Waals surface area (Å²) in [6, 6.07) is 7.03. The molecule has 2 aliphatic heterocycles. The second kappa shape index (κ2) is 9.01. The van der Waals surface area contributed by atoms with Crippen LogP contribution < -0.4 is 9.64 Å². The van der Waals surface area contributed by atoms with Crippen molar-refractivity contribution in [1.29, 1.82) is 0 Å². The summed E-state index contributed by atoms with van der Waals surface area (Å²) in [5.41, 5.74) is 1.18. The molecule has 1 aromatic carbocycles. The van der Waals surface area contributed by atoms with Gasteiger partial charge in [0.15, 0.2) is 0 Å². The van der Waals surface area contributed by atoms with E-state index in [4.69, 9.17) is 4.74 Å². The lowest BCUT2D eigenvalue weighted by Crippen LogP contribution is -2.56. The molecule has 28 heavy (non-hydrogen) atoms. The van der Waals surface area contributed by atoms with Crippen LogP contribution in [0.2, 0.25) is 0 Å². The van der Waals surface area contributed by atoms with Gasteiger partial charge in [-0.15, -0.1) is 0 Å². The maximum Gasteiger partial charge on any atom is 0.236 e. The largest absolute Gasteiger partial charge is 0.495 e. The molecule has 0 radical (unpaired) electrons. The van der Waals surface area contributed by atoms with E-state index >= 15 is 0 Å². The number of hydrogen-bond acceptors (Lipinski definition) is 5. The standard InChI is InChI=1S/C21H31BrN4O2/c1-28-20-15-18(5-6-19(20)22)25-9-7-23(8-10-25)16-21(27)26-13-11-24(12-14-26)17-3-2-4-17/h5-6,15,17H,2-4,7-14,16H2,1H3. The topological polar surface area (TPSA) is 39.3 Å². The lowest BCUT2D eigenvalue weighted by atomic mass is 9.91. The van der Waals surface area contributed by atoms with Crippen LogP contribution in [-0.2, 0) is 4.79 Å². The predicted octanol–water partition coefficient (Wildman–Crippen LogP) is 2.28. The van der Waals surface area contributed by atoms with Crippen LogP contribution >= 0.6 is 15.9 Å². The van der Waals surface area contributed by atoms with Crippen molar-refractivity contribution in [2.75, 3.05) is 70.9 Å². The Kier molecular flexibility index (Phi) is 6.43. The van der Waals surface area contributed by atoms with Gasteiger partial charge in [-0.05, 0) is 40.9 Å². The fourth-order valence-corrected chi connectivity index (χ4v) is 4.80. The van der Waals surface area contributed by atoms with Gasteiger partial charge in [0.1, 0.15) is 5.75 Å². The van der Waals surface area contributed by atoms with Gasteiger partial charge in [-0.1, -0.05) is 6.42 Å². The molecule has 0 unspecified atom stereocenters. The Balaban J connectivity index is 1.22. The highest BCUT2D eigenvalue weighted by molar-refractivity contribution is 9.10. The number of carbonyl (C=O) groups is 1. The van der Waals surface area contributed by atoms with Gasteiger partial charge in [0.05, 0.1) is 18.1 Å². The maximum absolute atomic E-state index is 12.7. The first-order chi connectivity index (χ1) is 13.6. The molecule has 154 valence electrons. The number of nitrogens with zero attached hydrogens (tertiary/aromatic N) is 4. The molecule has 0 N–H and O–H groups in total. The zero-order chi connectivity index (χ0) is 19.5. The van der Waals surface area contributed by atoms with Gasteiger partial charge in [-0.25, -0.2) is 0 Å². The number of halogens is 1. The van der Waals surface area contributed by atoms with E-state index in [1.807, 2.05) is 6.07 Å². The van der Waals surface area contributed by atoms with E-state index in [-0.39, 0.29) is 0 Å². The van der Waals surface area contributed by atoms with E-state index in [9.17, 15) is 4.79 Å². The summed E-state index contributed by atoms with van der Waals surface area (Å²) in [5, 5.41) is 0. The van der Waals surface area contributed by atoms with Crippen LogP contribution in [0.1, 0.15) is 19.3 Å². The molecule has 1 saturated carbocycles. The van der Waals surface area contributed by atoms with Crippen molar-refractivity contribution in [3.05, 3.63) is 22.7 Å². The van der Waals surface area contributed by atoms with Crippen molar-refractivity contribution in [2.45, 2.75) is 25.3 Å². The Morgan fingerprint density at radius 1 is 1.07 bits per heavy atom. The highest BCUT2D eigenvalue weighted by atomic mass is 79.9. The lowest BCUT2D eigenvalue weighted by molar-refractivity contribution is -0.134. The summed E-state index contributed by atoms with van der Waals surface area (Å²) in [4.78, 5) is 22.0. The van der Waals surface area contributed by atoms with E-state index in [1.165, 1.54) is 24.9 Å². The van der Waals surface area contributed by atoms with E-state index in [0.717, 1.165) is 68.6 Å². The van der Waals surface area contributed by atoms with Crippen molar-refractivity contribution in [3.8, 4) is 5.75 Å². The Morgan fingerprint density at radius 2 is 1.79 bits per heavy atom. The zero-order valence-corrected chi connectivity index (χ0v) is 18.4. The van der Waals surface area contributed by atoms with Gasteiger partial charge in [0.2, 0.25) is 5.91 Å². The van der Waals surface area contributed by atoms with Gasteiger partial charge < -0.3 is 14.5 Å². The second-order valence-electron chi connectivity index (χ2n) is 8.08. The highest BCUT2D eigenvalue weighted by Gasteiger charge is 2.30. The average Bonchev–Trinajstić information content (AvgIpc) is 2.68. The molecular formula is C21H31BrN4O2. The predicted molar refractivity (Wildman–Crippen MR) is 115 cm³/mol. The van der Waals surface area contributed by atoms with Crippen LogP contribution in [0.15, 0.2) is 22.7 Å². The Bertz CT molecular complexity index is 681. The third kappa shape index (κ3) is 4.47. The summed E-state index contributed by atoms with van der Waals surface area (Å²) < 4.78 is 6.39. The molecule has 3 aliphatic rings. The number of rotatable bonds is 5. The molecule has 0 aromatic heterocycles. The van der Waals surface area contributed by atoms with Gasteiger partial charge in [0, 0.05) is 70.2 Å². The Hall–Kier alpha value is -1.31. The van der Waals surface area contributed by atoms with Crippen molar-refractivity contribution >= 4 is 27.5 Å². The fourth-order valence-electron chi connectivity index (χ4n) is 4.39. The lowest BCUT2D eigenvalue weighted by Gasteiger charge is -2.43. The Labute approximate surface area is 176 Å². The Morgan fingerprint density at radius 3 is 2.39 bits per heavy atom. The SMILES string of the molecule is COc1cc(N2CCN(CC(=O)N3CCN(C4CCC4)CC3)CC2)ccc1Br. The summed E-state index contributed by atoms with van der Waals surface area (Å²) in [6.45, 7) is 8.17. The van der Waals surface area contributed by atoms with Gasteiger partial charge in [-0.3, -0.25) is 14.6 Å². The van der Waals surface area contributed by atoms with Crippen LogP contribution in [0.25, 0.3) is 0 Å². The molecule has 6 nitrogen and oxygen atoms in total. The van der Waals surface area contributed by atoms with Crippen molar-refractivity contribution in [2.24, 2.45) is 0 Å². The smallest absolute Gasteiger partial charge is 0.236 e. The zero-order valence-electron chi connectivity index (χ0n) is 16.8. The number of ether oxygens (including phenoxy) is 1. The van der Waals surface area contributed by atoms with Crippen LogP contribution in [0.3, 0.4) is 0 Å². The summed E-state index contributed by atoms with van der Waals surface area (Å²) in [5.74, 6) is 1.16. The first-order valence-corrected chi connectivity index (χ1v) is 11.3. The molecular weight excluding hydrogens is 420 g/mol. The summed E-state index contributed by atoms with van der Waals surface area (Å²) >= 11 is 3.51. The minimum absolute atomic E-state index is 0.298. The van der Waals surface area contributed by atoms with Crippen LogP contribution in [0, 0.1) is 0 Å². The number of methoxy groups -OCH3 is 1. The average molecular weight is 451 g/mol. The molecule has 2 heterocycles. The number of benzene rings is 1. The molecule has 1 aliphatic carbocycles. The normalized spacial score (nSPS) is 22.2. The molecule has 1 amide bonds. The van der Waals surface area contributed by atoms with Crippen LogP contribution in [-0.4, -0.2) is 92.7 Å². The third-order valence-electron chi connectivity index (χ3n) is 6.49. The molecule has 7 heteroatoms. The van der Waals surface area contributed by atoms with Crippen LogP contribution in [0.5, 0.6) is 5.75 Å². The van der Waals surface area contributed by atoms with Crippen LogP contribution in [0.4, 0.5) is 5.69 Å². The number of piperazine rings is 2. The minimum atomic E-state index is 0.298. The third-order valence-corrected chi connectivity index (χ3v) is 7.14. The molecule has 0 atom stereocenters. The molecule has 0 spiro atoms. The monoisotopic (exact) mass is 450 g/mol. The number of anilines is 1. The van der Waals surface area contributed by atoms with Crippen molar-refractivity contribution in [3.63, 3.8) is 0 Å². The highest BCUT2D eigenvalue weighted by Crippen LogP contribution is 2.30. The van der Waals surface area contributed by atoms with Gasteiger partial charge in [0.25, 0.3) is 0 Å². The number of hydrogen-bond donors (Lipinski definition) is 0. The maximum atomic E-state index is 12.7. The molecule has 0 bridgehead atoms. The van der Waals surface area contributed by atoms with Gasteiger partial charge in [-0.2, -0.15) is 0 Å². The van der Waals surface area contributed by atoms with E-state index < -0.39 is 0 Å². The van der Waals surface area contributed by atoms with E-state index in [1.54, 1.807) is 7.11 Å². The molecule has 4 rings (SSSR count). The van der Waals surface area contributed by atoms with Crippen molar-refractivity contribution < 1.29 is 9.53 Å². The fraction of sp³-hybridized carbons (Fsp3) is 0.667. The summed E-state index contributed by atoms with van der Waals surface area (Å²) in [6.07, 6.45) is 4.08. The number of amides is 1. The number of carbonyl (C=O) groups excluding carboxylic acids is 1. The first kappa shape index (κ1) is 20.0. The minimum Gasteiger partial charge on any atom is -0.495 e. The van der Waals surface area contributed by atoms with Crippen molar-refractivity contribution in [1.82, 2.24) is 14.7 Å². The quantitative estimate of drug-likeness (QED) is 0.687. The second-order valence-corrected chi connectivity index (χ2v) is 8.94. The first-order valence-electron chi connectivity index (χ1n) is 10.5. The van der Waals surface area contributed by atoms with E-state index in [0.29, 0.717) is 12.5 Å². The molecule has 2 saturated heterocycles. The molecule has 1 aromatic rings. The van der Waals surface area contributed by atoms with Gasteiger partial charge >= 0.3 is 0 Å². The van der Waals surface area contributed by atoms with E-state index in [2.05, 4.69) is 47.7 Å². The molecule has 3 fully saturated rings. The summed E-state index contributed by atoms with van der Waals surface area (Å²) in [7, 11) is 1.69.